The molecule has 1 heterocycles. The van der Waals surface area contributed by atoms with E-state index in [-0.39, 0.29) is 5.56 Å². The van der Waals surface area contributed by atoms with Crippen LogP contribution in [0, 0.1) is 0 Å². The fourth-order valence-corrected chi connectivity index (χ4v) is 2.35. The molecule has 0 radical (unpaired) electrons. The Kier molecular flexibility index (Phi) is 10.9. The second-order valence-corrected chi connectivity index (χ2v) is 5.98. The summed E-state index contributed by atoms with van der Waals surface area (Å²) in [5.74, 6) is -0.999. The molecule has 1 aliphatic rings. The summed E-state index contributed by atoms with van der Waals surface area (Å²) in [6.07, 6.45) is 31.9. The van der Waals surface area contributed by atoms with Gasteiger partial charge in [0, 0.05) is 30.4 Å². The molecule has 0 saturated heterocycles. The monoisotopic (exact) mass is 412 g/mol. The molecule has 0 saturated carbocycles. The molecule has 5 nitrogen and oxygen atoms in total. The summed E-state index contributed by atoms with van der Waals surface area (Å²) in [5.41, 5.74) is 1.49. The second-order valence-electron chi connectivity index (χ2n) is 5.98. The molecule has 5 heteroatoms. The van der Waals surface area contributed by atoms with E-state index in [1.807, 2.05) is 60.8 Å². The van der Waals surface area contributed by atoms with Crippen LogP contribution in [0.5, 0.6) is 0 Å². The van der Waals surface area contributed by atoms with E-state index in [1.54, 1.807) is 67.5 Å². The predicted octanol–water partition coefficient (Wildman–Crippen LogP) is 5.68. The normalized spacial score (nSPS) is 14.8. The molecule has 0 aromatic heterocycles. The minimum atomic E-state index is -0.999. The molecule has 0 spiro atoms. The van der Waals surface area contributed by atoms with E-state index in [0.29, 0.717) is 12.2 Å². The van der Waals surface area contributed by atoms with E-state index >= 15 is 0 Å². The Morgan fingerprint density at radius 2 is 1.58 bits per heavy atom. The molecule has 1 aliphatic heterocycles. The van der Waals surface area contributed by atoms with Crippen LogP contribution in [0.3, 0.4) is 0 Å². The highest BCUT2D eigenvalue weighted by molar-refractivity contribution is 6.01. The molecule has 0 atom stereocenters. The van der Waals surface area contributed by atoms with Crippen molar-refractivity contribution in [1.29, 1.82) is 0 Å². The Morgan fingerprint density at radius 3 is 2.42 bits per heavy atom. The molecular formula is C26H24N2O3. The van der Waals surface area contributed by atoms with E-state index in [4.69, 9.17) is 4.74 Å². The minimum absolute atomic E-state index is 0.194. The van der Waals surface area contributed by atoms with Gasteiger partial charge in [-0.3, -0.25) is 9.98 Å². The van der Waals surface area contributed by atoms with Crippen molar-refractivity contribution < 1.29 is 14.6 Å². The van der Waals surface area contributed by atoms with E-state index in [9.17, 15) is 9.90 Å². The highest BCUT2D eigenvalue weighted by atomic mass is 16.5. The van der Waals surface area contributed by atoms with Crippen molar-refractivity contribution in [3.05, 3.63) is 126 Å². The number of fused-ring (bicyclic) bond motifs is 1. The zero-order valence-corrected chi connectivity index (χ0v) is 17.0. The van der Waals surface area contributed by atoms with Gasteiger partial charge >= 0.3 is 5.97 Å². The van der Waals surface area contributed by atoms with E-state index < -0.39 is 5.97 Å². The van der Waals surface area contributed by atoms with Crippen molar-refractivity contribution in [2.24, 2.45) is 9.98 Å². The van der Waals surface area contributed by atoms with Gasteiger partial charge in [0.25, 0.3) is 0 Å². The average Bonchev–Trinajstić information content (AvgIpc) is 2.77. The van der Waals surface area contributed by atoms with Gasteiger partial charge in [0.1, 0.15) is 6.61 Å². The van der Waals surface area contributed by atoms with Gasteiger partial charge in [-0.05, 0) is 42.0 Å². The zero-order valence-electron chi connectivity index (χ0n) is 17.0. The molecule has 0 amide bonds. The average molecular weight is 412 g/mol. The van der Waals surface area contributed by atoms with Crippen molar-refractivity contribution in [3.8, 4) is 0 Å². The Balaban J connectivity index is 2.26. The largest absolute Gasteiger partial charge is 0.497 e. The molecular weight excluding hydrogens is 388 g/mol. The number of carboxylic acids is 1. The van der Waals surface area contributed by atoms with Crippen LogP contribution in [0.2, 0.25) is 0 Å². The maximum Gasteiger partial charge on any atom is 0.336 e. The number of nitrogens with zero attached hydrogens (tertiary/aromatic N) is 2. The Bertz CT molecular complexity index is 1020. The zero-order chi connectivity index (χ0) is 22.0. The van der Waals surface area contributed by atoms with Crippen LogP contribution in [0.4, 0.5) is 0 Å². The maximum absolute atomic E-state index is 11.6. The lowest BCUT2D eigenvalue weighted by Crippen LogP contribution is -2.03. The number of ether oxygens (including phenoxy) is 1. The third kappa shape index (κ3) is 9.67. The standard InChI is InChI=1S/C26H24N2O3/c29-26(30)24-16-13-15-23-14-7-2-4-8-17-27-18-10-6-12-21-31-20-11-5-1-3-9-19-28-22-25(23)24/h1-19,21-22H,20H2,(H,29,30). The molecule has 31 heavy (non-hydrogen) atoms. The quantitative estimate of drug-likeness (QED) is 0.645. The Labute approximate surface area is 182 Å². The van der Waals surface area contributed by atoms with E-state index in [0.717, 1.165) is 5.56 Å². The van der Waals surface area contributed by atoms with Crippen LogP contribution in [0.25, 0.3) is 6.08 Å². The molecule has 1 N–H and O–H groups in total. The van der Waals surface area contributed by atoms with Crippen molar-refractivity contribution in [2.75, 3.05) is 6.61 Å². The fraction of sp³-hybridized carbons (Fsp3) is 0.0385. The summed E-state index contributed by atoms with van der Waals surface area (Å²) in [6, 6.07) is 5.12. The molecule has 1 aromatic rings. The Hall–Kier alpha value is -4.25. The molecule has 1 aromatic carbocycles. The highest BCUT2D eigenvalue weighted by Crippen LogP contribution is 2.15. The molecule has 0 bridgehead atoms. The van der Waals surface area contributed by atoms with Gasteiger partial charge in [0.05, 0.1) is 11.8 Å². The SMILES string of the molecule is O=C(O)c1cccc2c1C=NC=CC=CC=CCOC=CC=CC=NC=CC=CC=C2. The lowest BCUT2D eigenvalue weighted by molar-refractivity contribution is 0.0696. The van der Waals surface area contributed by atoms with Crippen molar-refractivity contribution in [2.45, 2.75) is 0 Å². The van der Waals surface area contributed by atoms with Crippen LogP contribution in [-0.4, -0.2) is 30.1 Å². The number of hydrogen-bond acceptors (Lipinski definition) is 4. The maximum atomic E-state index is 11.6. The molecule has 0 unspecified atom stereocenters. The summed E-state index contributed by atoms with van der Waals surface area (Å²) in [7, 11) is 0. The van der Waals surface area contributed by atoms with Gasteiger partial charge in [0.15, 0.2) is 0 Å². The van der Waals surface area contributed by atoms with Gasteiger partial charge in [-0.1, -0.05) is 60.7 Å². The van der Waals surface area contributed by atoms with Crippen LogP contribution in [0.15, 0.2) is 120 Å². The van der Waals surface area contributed by atoms with Crippen LogP contribution >= 0.6 is 0 Å². The topological polar surface area (TPSA) is 71.2 Å². The van der Waals surface area contributed by atoms with Gasteiger partial charge in [-0.2, -0.15) is 0 Å². The van der Waals surface area contributed by atoms with E-state index in [2.05, 4.69) is 9.98 Å². The van der Waals surface area contributed by atoms with Gasteiger partial charge < -0.3 is 9.84 Å². The minimum Gasteiger partial charge on any atom is -0.497 e. The van der Waals surface area contributed by atoms with E-state index in [1.165, 1.54) is 0 Å². The lowest BCUT2D eigenvalue weighted by atomic mass is 10.0. The summed E-state index contributed by atoms with van der Waals surface area (Å²) in [5, 5.41) is 9.49. The number of aromatic carboxylic acids is 1. The van der Waals surface area contributed by atoms with Crippen LogP contribution < -0.4 is 0 Å². The Morgan fingerprint density at radius 1 is 0.839 bits per heavy atom. The van der Waals surface area contributed by atoms with Crippen LogP contribution in [0.1, 0.15) is 21.5 Å². The summed E-state index contributed by atoms with van der Waals surface area (Å²) in [4.78, 5) is 19.9. The fourth-order valence-electron chi connectivity index (χ4n) is 2.35. The summed E-state index contributed by atoms with van der Waals surface area (Å²) < 4.78 is 5.32. The van der Waals surface area contributed by atoms with Gasteiger partial charge in [-0.15, -0.1) is 0 Å². The highest BCUT2D eigenvalue weighted by Gasteiger charge is 2.10. The third-order valence-electron chi connectivity index (χ3n) is 3.76. The number of carbonyl (C=O) groups is 1. The van der Waals surface area contributed by atoms with Gasteiger partial charge in [0.2, 0.25) is 0 Å². The first-order valence-corrected chi connectivity index (χ1v) is 9.63. The number of aliphatic imine (C=N–C) groups is 2. The number of hydrogen-bond donors (Lipinski definition) is 1. The number of benzene rings is 1. The van der Waals surface area contributed by atoms with Crippen LogP contribution in [-0.2, 0) is 4.74 Å². The van der Waals surface area contributed by atoms with Crippen molar-refractivity contribution in [1.82, 2.24) is 0 Å². The molecule has 2 rings (SSSR count). The molecule has 0 fully saturated rings. The summed E-state index contributed by atoms with van der Waals surface area (Å²) in [6.45, 7) is 0.460. The van der Waals surface area contributed by atoms with Gasteiger partial charge in [-0.25, -0.2) is 4.79 Å². The first kappa shape index (κ1) is 23.0. The summed E-state index contributed by atoms with van der Waals surface area (Å²) >= 11 is 0. The second kappa shape index (κ2) is 14.7. The first-order chi connectivity index (χ1) is 15.3. The molecule has 0 aliphatic carbocycles. The smallest absolute Gasteiger partial charge is 0.336 e. The van der Waals surface area contributed by atoms with Crippen molar-refractivity contribution in [3.63, 3.8) is 0 Å². The third-order valence-corrected chi connectivity index (χ3v) is 3.76. The number of allylic oxidation sites excluding steroid dienone is 11. The number of rotatable bonds is 1. The molecule has 156 valence electrons. The lowest BCUT2D eigenvalue weighted by Gasteiger charge is -2.04. The number of carboxylic acid groups (broad SMARTS) is 1. The van der Waals surface area contributed by atoms with Crippen molar-refractivity contribution >= 4 is 24.5 Å². The predicted molar refractivity (Wildman–Crippen MR) is 128 cm³/mol. The first-order valence-electron chi connectivity index (χ1n) is 9.63.